The number of phenolic OH excluding ortho intramolecular Hbond substituents is 1. The monoisotopic (exact) mass is 560 g/mol. The summed E-state index contributed by atoms with van der Waals surface area (Å²) in [5.41, 5.74) is 1.67. The molecule has 3 aliphatic rings. The summed E-state index contributed by atoms with van der Waals surface area (Å²) >= 11 is 1.53. The molecule has 6 atom stereocenters. The van der Waals surface area contributed by atoms with Crippen LogP contribution in [0, 0.1) is 11.8 Å². The molecule has 212 valence electrons. The molecule has 0 bridgehead atoms. The average Bonchev–Trinajstić information content (AvgIpc) is 2.82. The van der Waals surface area contributed by atoms with Gasteiger partial charge in [-0.25, -0.2) is 0 Å². The summed E-state index contributed by atoms with van der Waals surface area (Å²) in [6, 6.07) is 2.14. The lowest BCUT2D eigenvalue weighted by molar-refractivity contribution is -0.169. The summed E-state index contributed by atoms with van der Waals surface area (Å²) in [7, 11) is 2.97. The molecule has 10 nitrogen and oxygen atoms in total. The highest BCUT2D eigenvalue weighted by Crippen LogP contribution is 2.57. The number of thioether (sulfide) groups is 1. The topological polar surface area (TPSA) is 182 Å². The molecule has 0 radical (unpaired) electrons. The highest BCUT2D eigenvalue weighted by Gasteiger charge is 2.68. The first-order chi connectivity index (χ1) is 18.0. The van der Waals surface area contributed by atoms with Crippen LogP contribution in [0.2, 0.25) is 0 Å². The van der Waals surface area contributed by atoms with E-state index in [0.29, 0.717) is 22.6 Å². The zero-order valence-electron chi connectivity index (χ0n) is 22.8. The largest absolute Gasteiger partial charge is 0.508 e. The van der Waals surface area contributed by atoms with Crippen molar-refractivity contribution < 1.29 is 39.9 Å². The van der Waals surface area contributed by atoms with E-state index in [0.717, 1.165) is 0 Å². The maximum atomic E-state index is 14.2. The minimum Gasteiger partial charge on any atom is -0.508 e. The van der Waals surface area contributed by atoms with Crippen LogP contribution >= 0.6 is 11.8 Å². The zero-order valence-corrected chi connectivity index (χ0v) is 23.7. The fourth-order valence-corrected chi connectivity index (χ4v) is 7.36. The number of ketones is 2. The van der Waals surface area contributed by atoms with Crippen LogP contribution in [0.3, 0.4) is 0 Å². The molecule has 1 saturated carbocycles. The number of aliphatic hydroxyl groups excluding tert-OH is 3. The molecule has 4 rings (SSSR count). The summed E-state index contributed by atoms with van der Waals surface area (Å²) in [6.07, 6.45) is -1.61. The first-order valence-electron chi connectivity index (χ1n) is 12.8. The van der Waals surface area contributed by atoms with Gasteiger partial charge >= 0.3 is 0 Å². The van der Waals surface area contributed by atoms with Gasteiger partial charge in [0, 0.05) is 28.7 Å². The van der Waals surface area contributed by atoms with E-state index in [4.69, 9.17) is 5.73 Å². The number of aliphatic hydroxyl groups is 4. The number of aromatic hydroxyl groups is 1. The van der Waals surface area contributed by atoms with Crippen molar-refractivity contribution in [1.29, 1.82) is 0 Å². The van der Waals surface area contributed by atoms with Gasteiger partial charge < -0.3 is 31.3 Å². The van der Waals surface area contributed by atoms with Gasteiger partial charge in [0.25, 0.3) is 5.91 Å². The smallest absolute Gasteiger partial charge is 0.255 e. The number of likely N-dealkylation sites (N-methyl/N-ethyl adjacent to an activating group) is 1. The number of Topliss-reactive ketones (excluding diaryl/α,β-unsaturated/α-hetero) is 2. The molecule has 39 heavy (non-hydrogen) atoms. The third-order valence-corrected chi connectivity index (χ3v) is 9.25. The molecule has 1 fully saturated rings. The molecule has 11 heteroatoms. The van der Waals surface area contributed by atoms with Crippen LogP contribution in [-0.4, -0.2) is 91.3 Å². The lowest BCUT2D eigenvalue weighted by Gasteiger charge is -2.54. The first kappa shape index (κ1) is 29.1. The van der Waals surface area contributed by atoms with E-state index in [1.807, 2.05) is 27.7 Å². The van der Waals surface area contributed by atoms with Crippen molar-refractivity contribution in [3.05, 3.63) is 45.7 Å². The van der Waals surface area contributed by atoms with Crippen LogP contribution in [0.15, 0.2) is 29.0 Å². The van der Waals surface area contributed by atoms with E-state index in [2.05, 4.69) is 0 Å². The summed E-state index contributed by atoms with van der Waals surface area (Å²) < 4.78 is 0. The summed E-state index contributed by atoms with van der Waals surface area (Å²) in [6.45, 7) is 7.59. The van der Waals surface area contributed by atoms with Crippen molar-refractivity contribution in [2.75, 3.05) is 25.6 Å². The van der Waals surface area contributed by atoms with Crippen LogP contribution in [0.5, 0.6) is 5.75 Å². The number of carbonyl (C=O) groups is 3. The lowest BCUT2D eigenvalue weighted by Crippen LogP contribution is -2.70. The number of fused-ring (bicyclic) bond motifs is 3. The minimum absolute atomic E-state index is 0.0209. The maximum absolute atomic E-state index is 14.2. The van der Waals surface area contributed by atoms with Crippen molar-refractivity contribution in [1.82, 2.24) is 4.90 Å². The van der Waals surface area contributed by atoms with Gasteiger partial charge in [-0.3, -0.25) is 19.3 Å². The van der Waals surface area contributed by atoms with Gasteiger partial charge in [0.15, 0.2) is 11.4 Å². The van der Waals surface area contributed by atoms with Gasteiger partial charge in [-0.15, -0.1) is 0 Å². The van der Waals surface area contributed by atoms with Gasteiger partial charge in [0.2, 0.25) is 5.78 Å². The van der Waals surface area contributed by atoms with Crippen molar-refractivity contribution in [2.45, 2.75) is 56.8 Å². The van der Waals surface area contributed by atoms with Crippen molar-refractivity contribution in [3.8, 4) is 5.75 Å². The Labute approximate surface area is 231 Å². The van der Waals surface area contributed by atoms with E-state index < -0.39 is 75.5 Å². The number of phenols is 1. The fraction of sp³-hybridized carbons (Fsp3) is 0.536. The highest BCUT2D eigenvalue weighted by atomic mass is 32.2. The van der Waals surface area contributed by atoms with Gasteiger partial charge in [-0.1, -0.05) is 39.8 Å². The Morgan fingerprint density at radius 2 is 1.77 bits per heavy atom. The number of carbonyl (C=O) groups excluding carboxylic acids is 3. The van der Waals surface area contributed by atoms with E-state index in [-0.39, 0.29) is 16.9 Å². The molecule has 1 amide bonds. The van der Waals surface area contributed by atoms with Gasteiger partial charge in [0.1, 0.15) is 22.8 Å². The predicted molar refractivity (Wildman–Crippen MR) is 146 cm³/mol. The zero-order chi connectivity index (χ0) is 29.4. The number of nitrogens with two attached hydrogens (primary N) is 1. The molecule has 3 aliphatic carbocycles. The molecule has 1 aromatic rings. The number of hydrogen-bond donors (Lipinski definition) is 6. The van der Waals surface area contributed by atoms with Crippen molar-refractivity contribution in [2.24, 2.45) is 17.6 Å². The van der Waals surface area contributed by atoms with Gasteiger partial charge in [0.05, 0.1) is 23.6 Å². The molecule has 7 N–H and O–H groups in total. The number of nitrogens with zero attached hydrogens (tertiary/aromatic N) is 1. The third kappa shape index (κ3) is 4.01. The van der Waals surface area contributed by atoms with Crippen LogP contribution in [0.4, 0.5) is 0 Å². The van der Waals surface area contributed by atoms with Crippen molar-refractivity contribution >= 4 is 35.0 Å². The number of hydrogen-bond acceptors (Lipinski definition) is 10. The number of rotatable bonds is 5. The molecular formula is C28H36N2O8S. The SMILES string of the molecule is CCSCC1c2ccc(C(C)(C)C)c(O)c2C(O)=C2C(=O)[C@]3(O)C(O)=C(C(N)=O)C(=O)[C@@H](N(C)C)C3C(O)C21. The Morgan fingerprint density at radius 3 is 2.28 bits per heavy atom. The second-order valence-electron chi connectivity index (χ2n) is 11.7. The molecule has 0 heterocycles. The van der Waals surface area contributed by atoms with E-state index in [9.17, 15) is 39.9 Å². The second kappa shape index (κ2) is 9.65. The van der Waals surface area contributed by atoms with E-state index >= 15 is 0 Å². The Balaban J connectivity index is 2.09. The lowest BCUT2D eigenvalue weighted by atomic mass is 9.54. The molecular weight excluding hydrogens is 524 g/mol. The fourth-order valence-electron chi connectivity index (χ4n) is 6.48. The summed E-state index contributed by atoms with van der Waals surface area (Å²) in [5, 5.41) is 57.7. The first-order valence-corrected chi connectivity index (χ1v) is 14.0. The molecule has 0 aromatic heterocycles. The third-order valence-electron chi connectivity index (χ3n) is 8.24. The average molecular weight is 561 g/mol. The Bertz CT molecular complexity index is 1330. The molecule has 0 aliphatic heterocycles. The quantitative estimate of drug-likeness (QED) is 0.289. The van der Waals surface area contributed by atoms with Crippen LogP contribution in [-0.2, 0) is 19.8 Å². The summed E-state index contributed by atoms with van der Waals surface area (Å²) in [5.74, 6) is -7.67. The molecule has 0 spiro atoms. The highest BCUT2D eigenvalue weighted by molar-refractivity contribution is 7.99. The maximum Gasteiger partial charge on any atom is 0.255 e. The Hall–Kier alpha value is -2.86. The summed E-state index contributed by atoms with van der Waals surface area (Å²) in [4.78, 5) is 41.1. The van der Waals surface area contributed by atoms with Crippen LogP contribution in [0.25, 0.3) is 5.76 Å². The van der Waals surface area contributed by atoms with Crippen LogP contribution < -0.4 is 5.73 Å². The number of benzene rings is 1. The molecule has 1 aromatic carbocycles. The van der Waals surface area contributed by atoms with Crippen LogP contribution in [0.1, 0.15) is 50.3 Å². The van der Waals surface area contributed by atoms with Gasteiger partial charge in [-0.2, -0.15) is 11.8 Å². The van der Waals surface area contributed by atoms with Crippen molar-refractivity contribution in [3.63, 3.8) is 0 Å². The van der Waals surface area contributed by atoms with E-state index in [1.165, 1.54) is 30.8 Å². The second-order valence-corrected chi connectivity index (χ2v) is 13.0. The number of amides is 1. The molecule has 0 saturated heterocycles. The Morgan fingerprint density at radius 1 is 1.15 bits per heavy atom. The Kier molecular flexibility index (Phi) is 7.21. The van der Waals surface area contributed by atoms with E-state index in [1.54, 1.807) is 12.1 Å². The standard InChI is InChI=1S/C28H36N2O8S/c1-7-39-10-12-11-8-9-13(27(2,3)4)20(31)15(11)21(32)16-14(12)22(33)18-19(30(5)6)23(34)17(26(29)37)25(36)28(18,38)24(16)35/h8-9,12,14,18-19,22,31-33,36,38H,7,10H2,1-6H3,(H2,29,37)/t12?,14?,18?,19-,22?,28-/m0/s1. The van der Waals surface area contributed by atoms with Gasteiger partial charge in [-0.05, 0) is 30.8 Å². The minimum atomic E-state index is -2.93. The normalized spacial score (nSPS) is 30.8. The molecule has 4 unspecified atom stereocenters. The number of primary amides is 1. The predicted octanol–water partition coefficient (Wildman–Crippen LogP) is 1.53.